The molecule has 1 heterocycles. The van der Waals surface area contributed by atoms with E-state index in [0.717, 1.165) is 0 Å². The van der Waals surface area contributed by atoms with E-state index in [0.29, 0.717) is 30.7 Å². The summed E-state index contributed by atoms with van der Waals surface area (Å²) in [6.07, 6.45) is 0. The predicted octanol–water partition coefficient (Wildman–Crippen LogP) is 3.49. The molecule has 1 aromatic carbocycles. The largest absolute Gasteiger partial charge is 0.314 e. The van der Waals surface area contributed by atoms with Gasteiger partial charge in [-0.25, -0.2) is 13.2 Å². The lowest BCUT2D eigenvalue weighted by molar-refractivity contribution is 0.141. The molecule has 1 saturated heterocycles. The molecule has 0 amide bonds. The summed E-state index contributed by atoms with van der Waals surface area (Å²) in [5.74, 6) is -1.41. The fourth-order valence-electron chi connectivity index (χ4n) is 2.22. The van der Waals surface area contributed by atoms with E-state index in [2.05, 4.69) is 21.2 Å². The van der Waals surface area contributed by atoms with Crippen LogP contribution in [0.15, 0.2) is 16.6 Å². The van der Waals surface area contributed by atoms with Crippen molar-refractivity contribution in [1.82, 2.24) is 10.2 Å². The lowest BCUT2D eigenvalue weighted by Gasteiger charge is -2.33. The molecule has 1 atom stereocenters. The summed E-state index contributed by atoms with van der Waals surface area (Å²) in [6, 6.07) is 1.49. The molecule has 2 nitrogen and oxygen atoms in total. The van der Waals surface area contributed by atoms with Gasteiger partial charge >= 0.3 is 0 Å². The Morgan fingerprint density at radius 2 is 1.65 bits per heavy atom. The van der Waals surface area contributed by atoms with Crippen LogP contribution < -0.4 is 5.32 Å². The highest BCUT2D eigenvalue weighted by atomic mass is 79.9. The summed E-state index contributed by atoms with van der Waals surface area (Å²) >= 11 is 3.02. The maximum atomic E-state index is 13.8. The molecule has 116 valence electrons. The van der Waals surface area contributed by atoms with E-state index in [9.17, 15) is 13.2 Å². The van der Waals surface area contributed by atoms with E-state index in [-0.39, 0.29) is 30.4 Å². The molecule has 1 aromatic rings. The molecule has 0 unspecified atom stereocenters. The normalized spacial score (nSPS) is 17.0. The quantitative estimate of drug-likeness (QED) is 0.842. The van der Waals surface area contributed by atoms with Gasteiger partial charge in [-0.2, -0.15) is 0 Å². The zero-order chi connectivity index (χ0) is 13.1. The van der Waals surface area contributed by atoms with Crippen LogP contribution in [0.3, 0.4) is 0 Å². The van der Waals surface area contributed by atoms with Crippen molar-refractivity contribution in [3.63, 3.8) is 0 Å². The van der Waals surface area contributed by atoms with Crippen molar-refractivity contribution >= 4 is 40.7 Å². The Morgan fingerprint density at radius 3 is 2.10 bits per heavy atom. The lowest BCUT2D eigenvalue weighted by atomic mass is 10.0. The van der Waals surface area contributed by atoms with Crippen molar-refractivity contribution in [2.24, 2.45) is 0 Å². The number of alkyl halides is 1. The molecule has 1 aliphatic rings. The van der Waals surface area contributed by atoms with Gasteiger partial charge in [0.05, 0.1) is 6.04 Å². The van der Waals surface area contributed by atoms with Gasteiger partial charge in [0, 0.05) is 36.2 Å². The summed E-state index contributed by atoms with van der Waals surface area (Å²) in [5.41, 5.74) is -0.178. The number of benzene rings is 1. The molecule has 0 radical (unpaired) electrons. The number of rotatable bonds is 3. The summed E-state index contributed by atoms with van der Waals surface area (Å²) < 4.78 is 41.1. The Morgan fingerprint density at radius 1 is 1.15 bits per heavy atom. The first-order valence-electron chi connectivity index (χ1n) is 5.78. The van der Waals surface area contributed by atoms with E-state index in [1.165, 1.54) is 12.1 Å². The first-order valence-corrected chi connectivity index (χ1v) is 6.58. The second kappa shape index (κ2) is 9.10. The van der Waals surface area contributed by atoms with E-state index in [1.807, 2.05) is 0 Å². The van der Waals surface area contributed by atoms with Crippen LogP contribution >= 0.6 is 40.7 Å². The highest BCUT2D eigenvalue weighted by Crippen LogP contribution is 2.29. The summed E-state index contributed by atoms with van der Waals surface area (Å²) in [5, 5.41) is 3.12. The minimum atomic E-state index is -0.847. The zero-order valence-electron chi connectivity index (χ0n) is 10.5. The number of nitrogens with one attached hydrogen (secondary N) is 1. The molecule has 8 heteroatoms. The Bertz CT molecular complexity index is 408. The van der Waals surface area contributed by atoms with E-state index < -0.39 is 24.4 Å². The van der Waals surface area contributed by atoms with Gasteiger partial charge < -0.3 is 5.32 Å². The fourth-order valence-corrected chi connectivity index (χ4v) is 2.62. The van der Waals surface area contributed by atoms with E-state index >= 15 is 0 Å². The van der Waals surface area contributed by atoms with Gasteiger partial charge in [0.15, 0.2) is 0 Å². The van der Waals surface area contributed by atoms with Crippen molar-refractivity contribution in [2.75, 3.05) is 32.9 Å². The van der Waals surface area contributed by atoms with Crippen molar-refractivity contribution < 1.29 is 13.2 Å². The Balaban J connectivity index is 0.00000180. The van der Waals surface area contributed by atoms with Gasteiger partial charge in [-0.15, -0.1) is 24.8 Å². The molecule has 0 saturated carbocycles. The molecule has 20 heavy (non-hydrogen) atoms. The smallest absolute Gasteiger partial charge is 0.132 e. The van der Waals surface area contributed by atoms with E-state index in [1.54, 1.807) is 4.90 Å². The summed E-state index contributed by atoms with van der Waals surface area (Å²) in [4.78, 5) is 1.77. The van der Waals surface area contributed by atoms with Crippen LogP contribution in [-0.2, 0) is 0 Å². The van der Waals surface area contributed by atoms with Gasteiger partial charge in [-0.05, 0) is 12.1 Å². The average molecular weight is 396 g/mol. The Labute approximate surface area is 137 Å². The first-order chi connectivity index (χ1) is 8.63. The number of hydrogen-bond donors (Lipinski definition) is 1. The minimum Gasteiger partial charge on any atom is -0.314 e. The molecule has 1 N–H and O–H groups in total. The molecular formula is C12H16BrCl2F3N2. The van der Waals surface area contributed by atoms with Crippen LogP contribution in [0.4, 0.5) is 13.2 Å². The van der Waals surface area contributed by atoms with Crippen LogP contribution in [0.2, 0.25) is 0 Å². The second-order valence-electron chi connectivity index (χ2n) is 4.24. The predicted molar refractivity (Wildman–Crippen MR) is 81.7 cm³/mol. The molecule has 1 fully saturated rings. The fraction of sp³-hybridized carbons (Fsp3) is 0.500. The molecular weight excluding hydrogens is 380 g/mol. The highest BCUT2D eigenvalue weighted by Gasteiger charge is 2.27. The number of halogens is 6. The Kier molecular flexibility index (Phi) is 9.09. The molecule has 0 aromatic heterocycles. The summed E-state index contributed by atoms with van der Waals surface area (Å²) in [6.45, 7) is 1.79. The van der Waals surface area contributed by atoms with Crippen molar-refractivity contribution in [3.8, 4) is 0 Å². The highest BCUT2D eigenvalue weighted by molar-refractivity contribution is 9.10. The molecule has 0 spiro atoms. The zero-order valence-corrected chi connectivity index (χ0v) is 13.8. The standard InChI is InChI=1S/C12H14BrF3N2.2ClH/c13-8-5-9(15)12(10(16)6-8)11(7-14)18-3-1-17-2-4-18;;/h5-6,11,17H,1-4,7H2;2*1H/t11-;;/m0../s1. The van der Waals surface area contributed by atoms with Gasteiger partial charge in [-0.3, -0.25) is 4.90 Å². The van der Waals surface area contributed by atoms with Crippen molar-refractivity contribution in [2.45, 2.75) is 6.04 Å². The molecule has 2 rings (SSSR count). The number of hydrogen-bond acceptors (Lipinski definition) is 2. The van der Waals surface area contributed by atoms with Gasteiger partial charge in [0.1, 0.15) is 18.3 Å². The average Bonchev–Trinajstić information content (AvgIpc) is 2.34. The first kappa shape index (κ1) is 20.0. The van der Waals surface area contributed by atoms with Crippen molar-refractivity contribution in [1.29, 1.82) is 0 Å². The SMILES string of the molecule is Cl.Cl.FC[C@@H](c1c(F)cc(Br)cc1F)N1CCNCC1. The van der Waals surface area contributed by atoms with Crippen LogP contribution in [0.25, 0.3) is 0 Å². The topological polar surface area (TPSA) is 15.3 Å². The number of nitrogens with zero attached hydrogens (tertiary/aromatic N) is 1. The molecule has 0 bridgehead atoms. The minimum absolute atomic E-state index is 0. The van der Waals surface area contributed by atoms with Crippen LogP contribution in [0.5, 0.6) is 0 Å². The van der Waals surface area contributed by atoms with E-state index in [4.69, 9.17) is 0 Å². The maximum Gasteiger partial charge on any atom is 0.132 e. The van der Waals surface area contributed by atoms with Gasteiger partial charge in [-0.1, -0.05) is 15.9 Å². The maximum absolute atomic E-state index is 13.8. The molecule has 1 aliphatic heterocycles. The van der Waals surface area contributed by atoms with Crippen molar-refractivity contribution in [3.05, 3.63) is 33.8 Å². The second-order valence-corrected chi connectivity index (χ2v) is 5.15. The monoisotopic (exact) mass is 394 g/mol. The van der Waals surface area contributed by atoms with Crippen LogP contribution in [0.1, 0.15) is 11.6 Å². The Hall–Kier alpha value is -0.0100. The van der Waals surface area contributed by atoms with Gasteiger partial charge in [0.25, 0.3) is 0 Å². The van der Waals surface area contributed by atoms with Gasteiger partial charge in [0.2, 0.25) is 0 Å². The van der Waals surface area contributed by atoms with Crippen LogP contribution in [0, 0.1) is 11.6 Å². The molecule has 0 aliphatic carbocycles. The van der Waals surface area contributed by atoms with Crippen LogP contribution in [-0.4, -0.2) is 37.8 Å². The lowest BCUT2D eigenvalue weighted by Crippen LogP contribution is -2.46. The third kappa shape index (κ3) is 4.49. The third-order valence-electron chi connectivity index (χ3n) is 3.12. The number of piperazine rings is 1. The summed E-state index contributed by atoms with van der Waals surface area (Å²) in [7, 11) is 0. The third-order valence-corrected chi connectivity index (χ3v) is 3.57.